The van der Waals surface area contributed by atoms with E-state index in [1.54, 1.807) is 4.90 Å². The average molecular weight is 368 g/mol. The first-order chi connectivity index (χ1) is 13.2. The third-order valence-corrected chi connectivity index (χ3v) is 5.07. The summed E-state index contributed by atoms with van der Waals surface area (Å²) in [6.45, 7) is 0.773. The van der Waals surface area contributed by atoms with Crippen molar-refractivity contribution >= 4 is 17.5 Å². The Morgan fingerprint density at radius 3 is 2.67 bits per heavy atom. The predicted octanol–water partition coefficient (Wildman–Crippen LogP) is 2.41. The van der Waals surface area contributed by atoms with E-state index in [4.69, 9.17) is 0 Å². The third kappa shape index (κ3) is 4.32. The van der Waals surface area contributed by atoms with E-state index >= 15 is 0 Å². The standard InChI is InChI=1S/C19H24N6O2/c26-17(13-24-12-4-2-1-3-5-18(24)27)20-15-8-6-14(7-9-15)19-21-22-23-25(19)16-10-11-16/h6-9,16H,1-5,10-13H2,(H,20,26). The molecule has 0 radical (unpaired) electrons. The number of hydrogen-bond donors (Lipinski definition) is 1. The van der Waals surface area contributed by atoms with Crippen LogP contribution in [0, 0.1) is 0 Å². The Balaban J connectivity index is 1.37. The van der Waals surface area contributed by atoms with Crippen LogP contribution in [-0.2, 0) is 9.59 Å². The van der Waals surface area contributed by atoms with Crippen LogP contribution in [0.15, 0.2) is 24.3 Å². The van der Waals surface area contributed by atoms with Crippen molar-refractivity contribution < 1.29 is 9.59 Å². The number of rotatable bonds is 5. The molecular formula is C19H24N6O2. The molecule has 1 aromatic heterocycles. The number of carbonyl (C=O) groups excluding carboxylic acids is 2. The molecule has 2 aromatic rings. The van der Waals surface area contributed by atoms with E-state index in [0.29, 0.717) is 24.7 Å². The van der Waals surface area contributed by atoms with Gasteiger partial charge in [0.2, 0.25) is 11.8 Å². The molecule has 1 saturated heterocycles. The van der Waals surface area contributed by atoms with Crippen molar-refractivity contribution in [3.05, 3.63) is 24.3 Å². The summed E-state index contributed by atoms with van der Waals surface area (Å²) in [7, 11) is 0. The second-order valence-corrected chi connectivity index (χ2v) is 7.28. The van der Waals surface area contributed by atoms with Crippen LogP contribution >= 0.6 is 0 Å². The molecular weight excluding hydrogens is 344 g/mol. The van der Waals surface area contributed by atoms with E-state index < -0.39 is 0 Å². The molecule has 27 heavy (non-hydrogen) atoms. The first-order valence-corrected chi connectivity index (χ1v) is 9.66. The minimum Gasteiger partial charge on any atom is -0.333 e. The zero-order valence-electron chi connectivity index (χ0n) is 15.3. The van der Waals surface area contributed by atoms with Crippen LogP contribution < -0.4 is 5.32 Å². The SMILES string of the molecule is O=C(CN1CCCCCCC1=O)Nc1ccc(-c2nnnn2C2CC2)cc1. The first-order valence-electron chi connectivity index (χ1n) is 9.66. The summed E-state index contributed by atoms with van der Waals surface area (Å²) in [5, 5.41) is 14.8. The van der Waals surface area contributed by atoms with Crippen molar-refractivity contribution in [3.8, 4) is 11.4 Å². The molecule has 0 bridgehead atoms. The lowest BCUT2D eigenvalue weighted by molar-refractivity contribution is -0.135. The maximum absolute atomic E-state index is 12.3. The Hall–Kier alpha value is -2.77. The van der Waals surface area contributed by atoms with Crippen molar-refractivity contribution in [2.45, 2.75) is 51.0 Å². The number of aromatic nitrogens is 4. The van der Waals surface area contributed by atoms with Gasteiger partial charge in [-0.2, -0.15) is 0 Å². The van der Waals surface area contributed by atoms with Gasteiger partial charge in [-0.1, -0.05) is 12.8 Å². The van der Waals surface area contributed by atoms with Crippen LogP contribution in [0.25, 0.3) is 11.4 Å². The number of anilines is 1. The molecule has 1 aliphatic heterocycles. The molecule has 2 heterocycles. The van der Waals surface area contributed by atoms with E-state index in [2.05, 4.69) is 20.8 Å². The molecule has 0 unspecified atom stereocenters. The lowest BCUT2D eigenvalue weighted by atomic mass is 10.1. The zero-order valence-corrected chi connectivity index (χ0v) is 15.3. The first kappa shape index (κ1) is 17.6. The average Bonchev–Trinajstić information content (AvgIpc) is 3.39. The molecule has 0 atom stereocenters. The molecule has 2 aliphatic rings. The van der Waals surface area contributed by atoms with Crippen molar-refractivity contribution in [1.29, 1.82) is 0 Å². The van der Waals surface area contributed by atoms with Gasteiger partial charge < -0.3 is 10.2 Å². The van der Waals surface area contributed by atoms with Crippen LogP contribution in [0.2, 0.25) is 0 Å². The van der Waals surface area contributed by atoms with E-state index in [1.165, 1.54) is 0 Å². The van der Waals surface area contributed by atoms with Crippen LogP contribution in [0.5, 0.6) is 0 Å². The number of nitrogens with zero attached hydrogens (tertiary/aromatic N) is 5. The van der Waals surface area contributed by atoms with Gasteiger partial charge in [-0.15, -0.1) is 5.10 Å². The van der Waals surface area contributed by atoms with Crippen molar-refractivity contribution in [3.63, 3.8) is 0 Å². The zero-order chi connectivity index (χ0) is 18.6. The smallest absolute Gasteiger partial charge is 0.243 e. The van der Waals surface area contributed by atoms with Crippen LogP contribution in [0.1, 0.15) is 51.0 Å². The minimum atomic E-state index is -0.167. The molecule has 1 N–H and O–H groups in total. The predicted molar refractivity (Wildman–Crippen MR) is 99.8 cm³/mol. The summed E-state index contributed by atoms with van der Waals surface area (Å²) in [5.74, 6) is 0.660. The highest BCUT2D eigenvalue weighted by molar-refractivity contribution is 5.94. The number of benzene rings is 1. The quantitative estimate of drug-likeness (QED) is 0.875. The fourth-order valence-corrected chi connectivity index (χ4v) is 3.41. The molecule has 1 aliphatic carbocycles. The number of amides is 2. The Bertz CT molecular complexity index is 812. The van der Waals surface area contributed by atoms with Gasteiger partial charge >= 0.3 is 0 Å². The van der Waals surface area contributed by atoms with Crippen LogP contribution in [0.4, 0.5) is 5.69 Å². The number of likely N-dealkylation sites (tertiary alicyclic amines) is 1. The summed E-state index contributed by atoms with van der Waals surface area (Å²) in [6.07, 6.45) is 6.86. The summed E-state index contributed by atoms with van der Waals surface area (Å²) in [4.78, 5) is 26.2. The molecule has 8 heteroatoms. The molecule has 4 rings (SSSR count). The van der Waals surface area contributed by atoms with E-state index in [1.807, 2.05) is 28.9 Å². The van der Waals surface area contributed by atoms with Gasteiger partial charge in [-0.05, 0) is 60.4 Å². The summed E-state index contributed by atoms with van der Waals surface area (Å²) < 4.78 is 1.86. The minimum absolute atomic E-state index is 0.0760. The Morgan fingerprint density at radius 1 is 1.11 bits per heavy atom. The van der Waals surface area contributed by atoms with Gasteiger partial charge in [-0.3, -0.25) is 9.59 Å². The normalized spacial score (nSPS) is 18.1. The Kier molecular flexibility index (Phi) is 5.13. The fourth-order valence-electron chi connectivity index (χ4n) is 3.41. The maximum atomic E-state index is 12.3. The van der Waals surface area contributed by atoms with Gasteiger partial charge in [-0.25, -0.2) is 4.68 Å². The highest BCUT2D eigenvalue weighted by atomic mass is 16.2. The van der Waals surface area contributed by atoms with Gasteiger partial charge in [0.25, 0.3) is 0 Å². The van der Waals surface area contributed by atoms with Gasteiger partial charge in [0, 0.05) is 24.2 Å². The number of tetrazole rings is 1. The molecule has 142 valence electrons. The van der Waals surface area contributed by atoms with Crippen LogP contribution in [0.3, 0.4) is 0 Å². The summed E-state index contributed by atoms with van der Waals surface area (Å²) in [5.41, 5.74) is 1.62. The molecule has 2 amide bonds. The lowest BCUT2D eigenvalue weighted by Gasteiger charge is -2.24. The van der Waals surface area contributed by atoms with Gasteiger partial charge in [0.05, 0.1) is 12.6 Å². The maximum Gasteiger partial charge on any atom is 0.243 e. The number of nitrogens with one attached hydrogen (secondary N) is 1. The highest BCUT2D eigenvalue weighted by Crippen LogP contribution is 2.36. The van der Waals surface area contributed by atoms with E-state index in [0.717, 1.165) is 49.9 Å². The third-order valence-electron chi connectivity index (χ3n) is 5.07. The fraction of sp³-hybridized carbons (Fsp3) is 0.526. The van der Waals surface area contributed by atoms with Crippen molar-refractivity contribution in [1.82, 2.24) is 25.1 Å². The lowest BCUT2D eigenvalue weighted by Crippen LogP contribution is -2.39. The highest BCUT2D eigenvalue weighted by Gasteiger charge is 2.28. The summed E-state index contributed by atoms with van der Waals surface area (Å²) >= 11 is 0. The van der Waals surface area contributed by atoms with Gasteiger partial charge in [0.1, 0.15) is 0 Å². The van der Waals surface area contributed by atoms with E-state index in [-0.39, 0.29) is 18.4 Å². The molecule has 1 saturated carbocycles. The van der Waals surface area contributed by atoms with Gasteiger partial charge in [0.15, 0.2) is 5.82 Å². The molecule has 8 nitrogen and oxygen atoms in total. The monoisotopic (exact) mass is 368 g/mol. The molecule has 2 fully saturated rings. The second-order valence-electron chi connectivity index (χ2n) is 7.28. The Labute approximate surface area is 157 Å². The Morgan fingerprint density at radius 2 is 1.89 bits per heavy atom. The van der Waals surface area contributed by atoms with Crippen molar-refractivity contribution in [2.24, 2.45) is 0 Å². The molecule has 1 aromatic carbocycles. The number of carbonyl (C=O) groups is 2. The van der Waals surface area contributed by atoms with E-state index in [9.17, 15) is 9.59 Å². The second kappa shape index (κ2) is 7.85. The van der Waals surface area contributed by atoms with Crippen LogP contribution in [-0.4, -0.2) is 50.0 Å². The largest absolute Gasteiger partial charge is 0.333 e. The topological polar surface area (TPSA) is 93.0 Å². The number of hydrogen-bond acceptors (Lipinski definition) is 5. The van der Waals surface area contributed by atoms with Crippen molar-refractivity contribution in [2.75, 3.05) is 18.4 Å². The summed E-state index contributed by atoms with van der Waals surface area (Å²) in [6, 6.07) is 7.90. The molecule has 0 spiro atoms.